The van der Waals surface area contributed by atoms with Crippen molar-refractivity contribution in [2.45, 2.75) is 13.8 Å². The molecule has 1 aromatic carbocycles. The number of halogens is 1. The highest BCUT2D eigenvalue weighted by atomic mass is 35.5. The van der Waals surface area contributed by atoms with Gasteiger partial charge < -0.3 is 4.98 Å². The quantitative estimate of drug-likeness (QED) is 0.638. The van der Waals surface area contributed by atoms with Crippen LogP contribution >= 0.6 is 11.6 Å². The molecular weight excluding hydrogens is 170 g/mol. The average molecular weight is 180 g/mol. The summed E-state index contributed by atoms with van der Waals surface area (Å²) in [5.74, 6) is 0. The first kappa shape index (κ1) is 7.69. The zero-order valence-electron chi connectivity index (χ0n) is 7.11. The first-order valence-corrected chi connectivity index (χ1v) is 4.30. The van der Waals surface area contributed by atoms with Crippen molar-refractivity contribution < 1.29 is 0 Å². The summed E-state index contributed by atoms with van der Waals surface area (Å²) in [6, 6.07) is 5.91. The second-order valence-electron chi connectivity index (χ2n) is 3.06. The molecule has 0 bridgehead atoms. The van der Waals surface area contributed by atoms with E-state index in [1.165, 1.54) is 16.6 Å². The summed E-state index contributed by atoms with van der Waals surface area (Å²) in [5, 5.41) is 2.02. The lowest BCUT2D eigenvalue weighted by Gasteiger charge is -1.91. The van der Waals surface area contributed by atoms with Crippen molar-refractivity contribution >= 4 is 22.5 Å². The summed E-state index contributed by atoms with van der Waals surface area (Å²) in [6.45, 7) is 4.17. The predicted octanol–water partition coefficient (Wildman–Crippen LogP) is 3.44. The van der Waals surface area contributed by atoms with Gasteiger partial charge in [0.2, 0.25) is 0 Å². The van der Waals surface area contributed by atoms with Crippen LogP contribution in [0.3, 0.4) is 0 Å². The molecule has 1 nitrogen and oxygen atoms in total. The maximum atomic E-state index is 5.89. The molecule has 0 saturated carbocycles. The van der Waals surface area contributed by atoms with E-state index in [0.29, 0.717) is 0 Å². The van der Waals surface area contributed by atoms with Crippen molar-refractivity contribution in [3.05, 3.63) is 34.5 Å². The van der Waals surface area contributed by atoms with E-state index in [9.17, 15) is 0 Å². The van der Waals surface area contributed by atoms with E-state index in [4.69, 9.17) is 11.6 Å². The molecule has 0 atom stereocenters. The molecule has 12 heavy (non-hydrogen) atoms. The summed E-state index contributed by atoms with van der Waals surface area (Å²) >= 11 is 5.89. The van der Waals surface area contributed by atoms with E-state index >= 15 is 0 Å². The number of hydrogen-bond acceptors (Lipinski definition) is 0. The van der Waals surface area contributed by atoms with E-state index in [-0.39, 0.29) is 0 Å². The Bertz CT molecular complexity index is 429. The predicted molar refractivity (Wildman–Crippen MR) is 52.8 cm³/mol. The molecule has 0 aliphatic carbocycles. The number of fused-ring (bicyclic) bond motifs is 1. The summed E-state index contributed by atoms with van der Waals surface area (Å²) in [5.41, 5.74) is 3.66. The van der Waals surface area contributed by atoms with Crippen LogP contribution < -0.4 is 0 Å². The van der Waals surface area contributed by atoms with Crippen LogP contribution in [0.15, 0.2) is 18.2 Å². The highest BCUT2D eigenvalue weighted by Crippen LogP contribution is 2.23. The Kier molecular flexibility index (Phi) is 1.62. The number of hydrogen-bond donors (Lipinski definition) is 1. The SMILES string of the molecule is Cc1[nH]c2ccc(Cl)cc2c1C. The van der Waals surface area contributed by atoms with E-state index in [1.54, 1.807) is 0 Å². The molecule has 1 aromatic heterocycles. The lowest BCUT2D eigenvalue weighted by Crippen LogP contribution is -1.71. The molecular formula is C10H10ClN. The zero-order chi connectivity index (χ0) is 8.72. The van der Waals surface area contributed by atoms with Gasteiger partial charge in [0, 0.05) is 21.6 Å². The Hall–Kier alpha value is -0.950. The second kappa shape index (κ2) is 2.53. The van der Waals surface area contributed by atoms with Gasteiger partial charge in [-0.15, -0.1) is 0 Å². The fourth-order valence-electron chi connectivity index (χ4n) is 1.43. The Morgan fingerprint density at radius 1 is 1.25 bits per heavy atom. The van der Waals surface area contributed by atoms with Gasteiger partial charge in [0.05, 0.1) is 0 Å². The molecule has 2 heteroatoms. The van der Waals surface area contributed by atoms with Crippen molar-refractivity contribution in [2.75, 3.05) is 0 Å². The van der Waals surface area contributed by atoms with Gasteiger partial charge in [0.15, 0.2) is 0 Å². The maximum Gasteiger partial charge on any atom is 0.0459 e. The highest BCUT2D eigenvalue weighted by molar-refractivity contribution is 6.31. The topological polar surface area (TPSA) is 15.8 Å². The monoisotopic (exact) mass is 179 g/mol. The molecule has 0 aliphatic rings. The Balaban J connectivity index is 2.88. The fraction of sp³-hybridized carbons (Fsp3) is 0.200. The van der Waals surface area contributed by atoms with Crippen molar-refractivity contribution in [3.63, 3.8) is 0 Å². The number of H-pyrrole nitrogens is 1. The highest BCUT2D eigenvalue weighted by Gasteiger charge is 2.03. The minimum absolute atomic E-state index is 0.796. The van der Waals surface area contributed by atoms with Crippen LogP contribution in [0.1, 0.15) is 11.3 Å². The third-order valence-electron chi connectivity index (χ3n) is 2.27. The molecule has 62 valence electrons. The molecule has 2 rings (SSSR count). The number of aromatic amines is 1. The lowest BCUT2D eigenvalue weighted by atomic mass is 10.2. The third-order valence-corrected chi connectivity index (χ3v) is 2.51. The van der Waals surface area contributed by atoms with E-state index in [2.05, 4.69) is 18.8 Å². The van der Waals surface area contributed by atoms with Crippen molar-refractivity contribution in [3.8, 4) is 0 Å². The molecule has 0 saturated heterocycles. The van der Waals surface area contributed by atoms with E-state index in [1.807, 2.05) is 18.2 Å². The number of rotatable bonds is 0. The van der Waals surface area contributed by atoms with Gasteiger partial charge in [-0.05, 0) is 37.6 Å². The van der Waals surface area contributed by atoms with Gasteiger partial charge in [-0.2, -0.15) is 0 Å². The molecule has 0 radical (unpaired) electrons. The van der Waals surface area contributed by atoms with Crippen LogP contribution in [0.2, 0.25) is 5.02 Å². The number of benzene rings is 1. The molecule has 1 heterocycles. The Morgan fingerprint density at radius 3 is 2.75 bits per heavy atom. The van der Waals surface area contributed by atoms with Gasteiger partial charge in [-0.1, -0.05) is 11.6 Å². The molecule has 2 aromatic rings. The maximum absolute atomic E-state index is 5.89. The first-order chi connectivity index (χ1) is 5.68. The van der Waals surface area contributed by atoms with Gasteiger partial charge in [0.25, 0.3) is 0 Å². The van der Waals surface area contributed by atoms with Crippen molar-refractivity contribution in [1.82, 2.24) is 4.98 Å². The van der Waals surface area contributed by atoms with Crippen LogP contribution in [-0.2, 0) is 0 Å². The largest absolute Gasteiger partial charge is 0.358 e. The normalized spacial score (nSPS) is 10.9. The summed E-state index contributed by atoms with van der Waals surface area (Å²) in [6.07, 6.45) is 0. The molecule has 1 N–H and O–H groups in total. The van der Waals surface area contributed by atoms with Gasteiger partial charge in [-0.3, -0.25) is 0 Å². The van der Waals surface area contributed by atoms with Gasteiger partial charge >= 0.3 is 0 Å². The van der Waals surface area contributed by atoms with Gasteiger partial charge in [-0.25, -0.2) is 0 Å². The standard InChI is InChI=1S/C10H10ClN/c1-6-7(2)12-10-4-3-8(11)5-9(6)10/h3-5,12H,1-2H3. The van der Waals surface area contributed by atoms with Crippen LogP contribution in [0.5, 0.6) is 0 Å². The van der Waals surface area contributed by atoms with Gasteiger partial charge in [0.1, 0.15) is 0 Å². The van der Waals surface area contributed by atoms with Crippen LogP contribution in [0.4, 0.5) is 0 Å². The third kappa shape index (κ3) is 1.01. The van der Waals surface area contributed by atoms with E-state index < -0.39 is 0 Å². The average Bonchev–Trinajstić information content (AvgIpc) is 2.31. The molecule has 0 spiro atoms. The summed E-state index contributed by atoms with van der Waals surface area (Å²) in [7, 11) is 0. The number of aromatic nitrogens is 1. The molecule has 0 amide bonds. The first-order valence-electron chi connectivity index (χ1n) is 3.93. The van der Waals surface area contributed by atoms with Crippen molar-refractivity contribution in [2.24, 2.45) is 0 Å². The Morgan fingerprint density at radius 2 is 2.00 bits per heavy atom. The molecule has 0 fully saturated rings. The smallest absolute Gasteiger partial charge is 0.0459 e. The molecule has 0 unspecified atom stereocenters. The lowest BCUT2D eigenvalue weighted by molar-refractivity contribution is 1.25. The van der Waals surface area contributed by atoms with Crippen LogP contribution in [0.25, 0.3) is 10.9 Å². The molecule has 0 aliphatic heterocycles. The fourth-order valence-corrected chi connectivity index (χ4v) is 1.61. The van der Waals surface area contributed by atoms with Crippen LogP contribution in [-0.4, -0.2) is 4.98 Å². The Labute approximate surface area is 76.4 Å². The zero-order valence-corrected chi connectivity index (χ0v) is 7.87. The minimum Gasteiger partial charge on any atom is -0.358 e. The summed E-state index contributed by atoms with van der Waals surface area (Å²) < 4.78 is 0. The van der Waals surface area contributed by atoms with Crippen LogP contribution in [0, 0.1) is 13.8 Å². The number of nitrogens with one attached hydrogen (secondary N) is 1. The minimum atomic E-state index is 0.796. The second-order valence-corrected chi connectivity index (χ2v) is 3.50. The number of aryl methyl sites for hydroxylation is 2. The summed E-state index contributed by atoms with van der Waals surface area (Å²) in [4.78, 5) is 3.30. The van der Waals surface area contributed by atoms with Crippen molar-refractivity contribution in [1.29, 1.82) is 0 Å². The van der Waals surface area contributed by atoms with E-state index in [0.717, 1.165) is 10.5 Å².